The Bertz CT molecular complexity index is 733. The van der Waals surface area contributed by atoms with Crippen molar-refractivity contribution in [3.8, 4) is 0 Å². The number of carbonyl (C=O) groups is 1. The van der Waals surface area contributed by atoms with Crippen LogP contribution in [0, 0.1) is 0 Å². The first kappa shape index (κ1) is 16.6. The summed E-state index contributed by atoms with van der Waals surface area (Å²) in [5.41, 5.74) is 0. The summed E-state index contributed by atoms with van der Waals surface area (Å²) in [4.78, 5) is 12.4. The van der Waals surface area contributed by atoms with Crippen LogP contribution in [0.5, 0.6) is 0 Å². The fraction of sp³-hybridized carbons (Fsp3) is 0.647. The molecule has 0 bridgehead atoms. The summed E-state index contributed by atoms with van der Waals surface area (Å²) in [6, 6.07) is 2.30. The summed E-state index contributed by atoms with van der Waals surface area (Å²) in [5.74, 6) is 2.18. The number of amides is 1. The Morgan fingerprint density at radius 1 is 1.20 bits per heavy atom. The molecule has 4 rings (SSSR count). The lowest BCUT2D eigenvalue weighted by Gasteiger charge is -2.14. The molecule has 0 unspecified atom stereocenters. The van der Waals surface area contributed by atoms with Gasteiger partial charge in [0.25, 0.3) is 0 Å². The zero-order valence-electron chi connectivity index (χ0n) is 14.4. The van der Waals surface area contributed by atoms with E-state index in [-0.39, 0.29) is 5.91 Å². The van der Waals surface area contributed by atoms with E-state index in [9.17, 15) is 4.79 Å². The Kier molecular flexibility index (Phi) is 5.05. The molecule has 1 amide bonds. The summed E-state index contributed by atoms with van der Waals surface area (Å²) in [6.07, 6.45) is 11.1. The van der Waals surface area contributed by atoms with E-state index < -0.39 is 0 Å². The van der Waals surface area contributed by atoms with Crippen molar-refractivity contribution in [3.63, 3.8) is 0 Å². The van der Waals surface area contributed by atoms with Crippen LogP contribution in [0.2, 0.25) is 0 Å². The number of hydrogen-bond donors (Lipinski definition) is 1. The SMILES string of the molecule is O=C(CSc1nnc2n1CCCCC2)Nc1ccnn1C1CCCC1. The molecule has 134 valence electrons. The highest BCUT2D eigenvalue weighted by Crippen LogP contribution is 2.31. The number of aromatic nitrogens is 5. The van der Waals surface area contributed by atoms with E-state index in [2.05, 4.69) is 25.2 Å². The summed E-state index contributed by atoms with van der Waals surface area (Å²) < 4.78 is 4.15. The molecule has 7 nitrogen and oxygen atoms in total. The second-order valence-corrected chi connectivity index (χ2v) is 7.74. The van der Waals surface area contributed by atoms with Crippen LogP contribution in [-0.4, -0.2) is 36.2 Å². The third-order valence-corrected chi connectivity index (χ3v) is 5.98. The van der Waals surface area contributed by atoms with E-state index in [0.717, 1.165) is 49.0 Å². The smallest absolute Gasteiger partial charge is 0.235 e. The number of thioether (sulfide) groups is 1. The van der Waals surface area contributed by atoms with Crippen LogP contribution >= 0.6 is 11.8 Å². The van der Waals surface area contributed by atoms with Crippen LogP contribution in [0.3, 0.4) is 0 Å². The minimum absolute atomic E-state index is 0.0179. The predicted molar refractivity (Wildman–Crippen MR) is 96.7 cm³/mol. The van der Waals surface area contributed by atoms with Crippen LogP contribution < -0.4 is 5.32 Å². The molecule has 0 spiro atoms. The molecule has 0 saturated heterocycles. The van der Waals surface area contributed by atoms with Gasteiger partial charge in [-0.3, -0.25) is 4.79 Å². The average Bonchev–Trinajstić information content (AvgIpc) is 3.32. The van der Waals surface area contributed by atoms with Gasteiger partial charge in [-0.2, -0.15) is 5.10 Å². The van der Waals surface area contributed by atoms with Gasteiger partial charge in [0.2, 0.25) is 5.91 Å². The lowest BCUT2D eigenvalue weighted by molar-refractivity contribution is -0.113. The molecule has 1 fully saturated rings. The number of anilines is 1. The summed E-state index contributed by atoms with van der Waals surface area (Å²) in [6.45, 7) is 0.959. The van der Waals surface area contributed by atoms with Crippen molar-refractivity contribution in [3.05, 3.63) is 18.1 Å². The summed E-state index contributed by atoms with van der Waals surface area (Å²) in [5, 5.41) is 16.8. The minimum Gasteiger partial charge on any atom is -0.310 e. The van der Waals surface area contributed by atoms with Gasteiger partial charge in [-0.25, -0.2) is 4.68 Å². The second-order valence-electron chi connectivity index (χ2n) is 6.80. The van der Waals surface area contributed by atoms with Gasteiger partial charge in [0.15, 0.2) is 5.16 Å². The van der Waals surface area contributed by atoms with E-state index >= 15 is 0 Å². The average molecular weight is 360 g/mol. The lowest BCUT2D eigenvalue weighted by Crippen LogP contribution is -2.19. The van der Waals surface area contributed by atoms with Crippen LogP contribution in [0.25, 0.3) is 0 Å². The number of nitrogens with zero attached hydrogens (tertiary/aromatic N) is 5. The molecule has 8 heteroatoms. The normalized spacial score (nSPS) is 18.1. The van der Waals surface area contributed by atoms with Crippen molar-refractivity contribution in [2.45, 2.75) is 69.1 Å². The Morgan fingerprint density at radius 2 is 2.08 bits per heavy atom. The van der Waals surface area contributed by atoms with E-state index in [0.29, 0.717) is 11.8 Å². The number of aryl methyl sites for hydroxylation is 1. The fourth-order valence-corrected chi connectivity index (χ4v) is 4.51. The van der Waals surface area contributed by atoms with Crippen molar-refractivity contribution < 1.29 is 4.79 Å². The number of fused-ring (bicyclic) bond motifs is 1. The highest BCUT2D eigenvalue weighted by Gasteiger charge is 2.21. The van der Waals surface area contributed by atoms with Crippen LogP contribution in [0.4, 0.5) is 5.82 Å². The predicted octanol–water partition coefficient (Wildman–Crippen LogP) is 3.05. The first-order valence-corrected chi connectivity index (χ1v) is 10.2. The van der Waals surface area contributed by atoms with Crippen molar-refractivity contribution in [1.29, 1.82) is 0 Å². The summed E-state index contributed by atoms with van der Waals surface area (Å²) in [7, 11) is 0. The molecule has 0 radical (unpaired) electrons. The van der Waals surface area contributed by atoms with Gasteiger partial charge in [0.05, 0.1) is 18.0 Å². The number of nitrogens with one attached hydrogen (secondary N) is 1. The van der Waals surface area contributed by atoms with E-state index in [1.165, 1.54) is 37.4 Å². The van der Waals surface area contributed by atoms with E-state index in [1.54, 1.807) is 6.20 Å². The molecule has 0 atom stereocenters. The zero-order valence-corrected chi connectivity index (χ0v) is 15.2. The van der Waals surface area contributed by atoms with E-state index in [4.69, 9.17) is 0 Å². The Balaban J connectivity index is 1.36. The van der Waals surface area contributed by atoms with Crippen LogP contribution in [0.15, 0.2) is 17.4 Å². The molecule has 1 aliphatic carbocycles. The maximum absolute atomic E-state index is 12.4. The van der Waals surface area contributed by atoms with Gasteiger partial charge < -0.3 is 9.88 Å². The quantitative estimate of drug-likeness (QED) is 0.829. The van der Waals surface area contributed by atoms with Gasteiger partial charge in [-0.1, -0.05) is 31.0 Å². The van der Waals surface area contributed by atoms with Crippen LogP contribution in [0.1, 0.15) is 56.8 Å². The number of carbonyl (C=O) groups excluding carboxylic acids is 1. The third-order valence-electron chi connectivity index (χ3n) is 5.02. The largest absolute Gasteiger partial charge is 0.310 e. The molecule has 1 saturated carbocycles. The molecule has 0 aromatic carbocycles. The second kappa shape index (κ2) is 7.59. The molecule has 1 aliphatic heterocycles. The lowest BCUT2D eigenvalue weighted by atomic mass is 10.2. The van der Waals surface area contributed by atoms with Crippen LogP contribution in [-0.2, 0) is 17.8 Å². The summed E-state index contributed by atoms with van der Waals surface area (Å²) >= 11 is 1.47. The van der Waals surface area contributed by atoms with E-state index in [1.807, 2.05) is 10.7 Å². The third kappa shape index (κ3) is 3.73. The Labute approximate surface area is 151 Å². The maximum Gasteiger partial charge on any atom is 0.235 e. The molecule has 2 aromatic rings. The molecule has 3 heterocycles. The molecule has 2 aliphatic rings. The van der Waals surface area contributed by atoms with Gasteiger partial charge >= 0.3 is 0 Å². The van der Waals surface area contributed by atoms with Crippen molar-refractivity contribution in [2.24, 2.45) is 0 Å². The number of rotatable bonds is 5. The number of hydrogen-bond acceptors (Lipinski definition) is 5. The molecule has 1 N–H and O–H groups in total. The molecular formula is C17H24N6OS. The van der Waals surface area contributed by atoms with Crippen molar-refractivity contribution in [2.75, 3.05) is 11.1 Å². The minimum atomic E-state index is -0.0179. The monoisotopic (exact) mass is 360 g/mol. The molecule has 25 heavy (non-hydrogen) atoms. The maximum atomic E-state index is 12.4. The Morgan fingerprint density at radius 3 is 2.96 bits per heavy atom. The Hall–Kier alpha value is -1.83. The molecular weight excluding hydrogens is 336 g/mol. The fourth-order valence-electron chi connectivity index (χ4n) is 3.73. The zero-order chi connectivity index (χ0) is 17.1. The standard InChI is InChI=1S/C17H24N6OS/c24-16(19-14-9-10-18-23(14)13-6-3-4-7-13)12-25-17-21-20-15-8-2-1-5-11-22(15)17/h9-10,13H,1-8,11-12H2,(H,19,24). The van der Waals surface area contributed by atoms with Gasteiger partial charge in [0.1, 0.15) is 11.6 Å². The molecule has 2 aromatic heterocycles. The first-order valence-electron chi connectivity index (χ1n) is 9.19. The van der Waals surface area contributed by atoms with Crippen molar-refractivity contribution >= 4 is 23.5 Å². The first-order chi connectivity index (χ1) is 12.3. The van der Waals surface area contributed by atoms with Gasteiger partial charge in [-0.15, -0.1) is 10.2 Å². The highest BCUT2D eigenvalue weighted by molar-refractivity contribution is 7.99. The van der Waals surface area contributed by atoms with Crippen molar-refractivity contribution in [1.82, 2.24) is 24.5 Å². The topological polar surface area (TPSA) is 77.6 Å². The van der Waals surface area contributed by atoms with Gasteiger partial charge in [0, 0.05) is 19.0 Å². The van der Waals surface area contributed by atoms with Gasteiger partial charge in [-0.05, 0) is 25.7 Å². The highest BCUT2D eigenvalue weighted by atomic mass is 32.2.